The van der Waals surface area contributed by atoms with Crippen molar-refractivity contribution in [3.63, 3.8) is 0 Å². The van der Waals surface area contributed by atoms with E-state index < -0.39 is 21.7 Å². The molecule has 20 heavy (non-hydrogen) atoms. The molecule has 1 aromatic rings. The first-order chi connectivity index (χ1) is 8.87. The number of hydrogen-bond acceptors (Lipinski definition) is 3. The van der Waals surface area contributed by atoms with Gasteiger partial charge in [0, 0.05) is 18.2 Å². The van der Waals surface area contributed by atoms with Crippen molar-refractivity contribution >= 4 is 22.4 Å². The standard InChI is InChI=1S/C12H16F2N2O2S.ClH/c1-8-4-11(2-3-15-8)16-19(17,18)12-6-9(13)5-10(14)7-12;/h5-8,11,15-16H,2-4H2,1H3;1H. The van der Waals surface area contributed by atoms with Gasteiger partial charge in [-0.25, -0.2) is 21.9 Å². The maximum atomic E-state index is 13.1. The fourth-order valence-corrected chi connectivity index (χ4v) is 3.53. The van der Waals surface area contributed by atoms with Crippen LogP contribution in [0, 0.1) is 11.6 Å². The average Bonchev–Trinajstić information content (AvgIpc) is 2.26. The molecule has 0 spiro atoms. The van der Waals surface area contributed by atoms with Crippen LogP contribution in [0.5, 0.6) is 0 Å². The summed E-state index contributed by atoms with van der Waals surface area (Å²) < 4.78 is 52.7. The molecule has 2 atom stereocenters. The van der Waals surface area contributed by atoms with E-state index in [4.69, 9.17) is 0 Å². The minimum atomic E-state index is -3.89. The number of hydrogen-bond donors (Lipinski definition) is 2. The summed E-state index contributed by atoms with van der Waals surface area (Å²) in [6.07, 6.45) is 1.30. The number of rotatable bonds is 3. The summed E-state index contributed by atoms with van der Waals surface area (Å²) in [5.41, 5.74) is 0. The van der Waals surface area contributed by atoms with Gasteiger partial charge in [-0.1, -0.05) is 0 Å². The summed E-state index contributed by atoms with van der Waals surface area (Å²) >= 11 is 0. The van der Waals surface area contributed by atoms with Crippen molar-refractivity contribution in [2.45, 2.75) is 36.7 Å². The topological polar surface area (TPSA) is 58.2 Å². The molecule has 1 saturated heterocycles. The number of piperidine rings is 1. The van der Waals surface area contributed by atoms with Crippen LogP contribution in [0.1, 0.15) is 19.8 Å². The van der Waals surface area contributed by atoms with Crippen molar-refractivity contribution in [2.24, 2.45) is 0 Å². The van der Waals surface area contributed by atoms with Crippen LogP contribution in [-0.2, 0) is 10.0 Å². The van der Waals surface area contributed by atoms with Crippen LogP contribution >= 0.6 is 12.4 Å². The summed E-state index contributed by atoms with van der Waals surface area (Å²) in [7, 11) is -3.89. The Morgan fingerprint density at radius 1 is 1.25 bits per heavy atom. The molecule has 2 N–H and O–H groups in total. The highest BCUT2D eigenvalue weighted by molar-refractivity contribution is 7.89. The van der Waals surface area contributed by atoms with E-state index in [2.05, 4.69) is 10.0 Å². The maximum absolute atomic E-state index is 13.1. The molecule has 1 fully saturated rings. The second-order valence-corrected chi connectivity index (χ2v) is 6.52. The predicted octanol–water partition coefficient (Wildman–Crippen LogP) is 1.81. The largest absolute Gasteiger partial charge is 0.314 e. The van der Waals surface area contributed by atoms with E-state index >= 15 is 0 Å². The summed E-state index contributed by atoms with van der Waals surface area (Å²) in [5.74, 6) is -1.81. The van der Waals surface area contributed by atoms with Crippen molar-refractivity contribution < 1.29 is 17.2 Å². The first kappa shape index (κ1) is 17.3. The van der Waals surface area contributed by atoms with Gasteiger partial charge in [0.05, 0.1) is 4.90 Å². The smallest absolute Gasteiger partial charge is 0.241 e. The number of nitrogens with one attached hydrogen (secondary N) is 2. The monoisotopic (exact) mass is 326 g/mol. The van der Waals surface area contributed by atoms with Gasteiger partial charge in [0.25, 0.3) is 0 Å². The lowest BCUT2D eigenvalue weighted by Crippen LogP contribution is -2.46. The summed E-state index contributed by atoms with van der Waals surface area (Å²) in [6, 6.07) is 2.27. The Balaban J connectivity index is 0.00000200. The van der Waals surface area contributed by atoms with Gasteiger partial charge in [-0.15, -0.1) is 12.4 Å². The highest BCUT2D eigenvalue weighted by Crippen LogP contribution is 2.16. The Hall–Kier alpha value is -0.760. The quantitative estimate of drug-likeness (QED) is 0.890. The van der Waals surface area contributed by atoms with Gasteiger partial charge in [-0.3, -0.25) is 0 Å². The summed E-state index contributed by atoms with van der Waals surface area (Å²) in [4.78, 5) is -0.379. The van der Waals surface area contributed by atoms with Crippen LogP contribution in [0.15, 0.2) is 23.1 Å². The van der Waals surface area contributed by atoms with Crippen molar-refractivity contribution in [2.75, 3.05) is 6.54 Å². The molecule has 2 unspecified atom stereocenters. The normalized spacial score (nSPS) is 23.1. The highest BCUT2D eigenvalue weighted by Gasteiger charge is 2.25. The van der Waals surface area contributed by atoms with Gasteiger partial charge >= 0.3 is 0 Å². The second-order valence-electron chi connectivity index (χ2n) is 4.80. The molecular weight excluding hydrogens is 310 g/mol. The average molecular weight is 327 g/mol. The van der Waals surface area contributed by atoms with Crippen molar-refractivity contribution in [1.82, 2.24) is 10.0 Å². The van der Waals surface area contributed by atoms with Gasteiger partial charge < -0.3 is 5.32 Å². The van der Waals surface area contributed by atoms with Crippen LogP contribution in [-0.4, -0.2) is 27.0 Å². The molecule has 114 valence electrons. The Kier molecular flexibility index (Phi) is 5.88. The SMILES string of the molecule is CC1CC(NS(=O)(=O)c2cc(F)cc(F)c2)CCN1.Cl. The summed E-state index contributed by atoms with van der Waals surface area (Å²) in [5, 5.41) is 3.20. The fraction of sp³-hybridized carbons (Fsp3) is 0.500. The van der Waals surface area contributed by atoms with Crippen molar-refractivity contribution in [1.29, 1.82) is 0 Å². The first-order valence-electron chi connectivity index (χ1n) is 6.08. The van der Waals surface area contributed by atoms with Crippen LogP contribution in [0.2, 0.25) is 0 Å². The molecule has 0 bridgehead atoms. The number of halogens is 3. The highest BCUT2D eigenvalue weighted by atomic mass is 35.5. The molecule has 1 heterocycles. The van der Waals surface area contributed by atoms with Crippen molar-refractivity contribution in [3.8, 4) is 0 Å². The number of benzene rings is 1. The van der Waals surface area contributed by atoms with E-state index in [0.717, 1.165) is 12.1 Å². The molecule has 1 aromatic carbocycles. The Morgan fingerprint density at radius 3 is 2.40 bits per heavy atom. The van der Waals surface area contributed by atoms with Gasteiger partial charge in [-0.05, 0) is 38.4 Å². The minimum Gasteiger partial charge on any atom is -0.314 e. The first-order valence-corrected chi connectivity index (χ1v) is 7.57. The molecule has 0 radical (unpaired) electrons. The molecule has 8 heteroatoms. The summed E-state index contributed by atoms with van der Waals surface area (Å²) in [6.45, 7) is 2.67. The molecule has 0 aliphatic carbocycles. The lowest BCUT2D eigenvalue weighted by molar-refractivity contribution is 0.361. The molecule has 1 aliphatic rings. The third-order valence-electron chi connectivity index (χ3n) is 3.09. The minimum absolute atomic E-state index is 0. The zero-order valence-electron chi connectivity index (χ0n) is 10.9. The van der Waals surface area contributed by atoms with Crippen molar-refractivity contribution in [3.05, 3.63) is 29.8 Å². The zero-order valence-corrected chi connectivity index (χ0v) is 12.5. The van der Waals surface area contributed by atoms with E-state index in [1.165, 1.54) is 0 Å². The van der Waals surface area contributed by atoms with Crippen LogP contribution < -0.4 is 10.0 Å². The fourth-order valence-electron chi connectivity index (χ4n) is 2.21. The van der Waals surface area contributed by atoms with Crippen LogP contribution in [0.4, 0.5) is 8.78 Å². The third kappa shape index (κ3) is 4.37. The lowest BCUT2D eigenvalue weighted by Gasteiger charge is -2.28. The van der Waals surface area contributed by atoms with E-state index in [9.17, 15) is 17.2 Å². The Morgan fingerprint density at radius 2 is 1.85 bits per heavy atom. The Bertz CT molecular complexity index is 548. The molecule has 1 aliphatic heterocycles. The van der Waals surface area contributed by atoms with E-state index in [1.807, 2.05) is 6.92 Å². The van der Waals surface area contributed by atoms with E-state index in [0.29, 0.717) is 25.5 Å². The molecule has 0 aromatic heterocycles. The van der Waals surface area contributed by atoms with Gasteiger partial charge in [0.15, 0.2) is 0 Å². The van der Waals surface area contributed by atoms with Gasteiger partial charge in [-0.2, -0.15) is 0 Å². The molecule has 4 nitrogen and oxygen atoms in total. The second kappa shape index (κ2) is 6.80. The molecule has 0 amide bonds. The molecular formula is C12H17ClF2N2O2S. The van der Waals surface area contributed by atoms with Crippen LogP contribution in [0.25, 0.3) is 0 Å². The maximum Gasteiger partial charge on any atom is 0.241 e. The zero-order chi connectivity index (χ0) is 14.0. The number of sulfonamides is 1. The molecule has 0 saturated carbocycles. The van der Waals surface area contributed by atoms with E-state index in [-0.39, 0.29) is 29.4 Å². The lowest BCUT2D eigenvalue weighted by atomic mass is 10.0. The van der Waals surface area contributed by atoms with E-state index in [1.54, 1.807) is 0 Å². The van der Waals surface area contributed by atoms with Gasteiger partial charge in [0.1, 0.15) is 11.6 Å². The predicted molar refractivity (Wildman–Crippen MR) is 74.4 cm³/mol. The molecule has 2 rings (SSSR count). The third-order valence-corrected chi connectivity index (χ3v) is 4.59. The van der Waals surface area contributed by atoms with Crippen LogP contribution in [0.3, 0.4) is 0 Å². The van der Waals surface area contributed by atoms with Gasteiger partial charge in [0.2, 0.25) is 10.0 Å². The Labute approximate surface area is 123 Å².